The Morgan fingerprint density at radius 2 is 2.20 bits per heavy atom. The van der Waals surface area contributed by atoms with Gasteiger partial charge in [-0.05, 0) is 38.2 Å². The lowest BCUT2D eigenvalue weighted by Crippen LogP contribution is -2.24. The first kappa shape index (κ1) is 16.0. The molecule has 2 fully saturated rings. The van der Waals surface area contributed by atoms with Crippen molar-refractivity contribution in [2.45, 2.75) is 44.8 Å². The summed E-state index contributed by atoms with van der Waals surface area (Å²) in [6.45, 7) is 5.76. The first-order valence-electron chi connectivity index (χ1n) is 8.96. The quantitative estimate of drug-likeness (QED) is 0.807. The van der Waals surface area contributed by atoms with E-state index in [2.05, 4.69) is 33.7 Å². The first-order chi connectivity index (χ1) is 12.3. The molecule has 1 aliphatic carbocycles. The predicted octanol–water partition coefficient (Wildman–Crippen LogP) is 3.07. The third-order valence-electron chi connectivity index (χ3n) is 4.60. The maximum Gasteiger partial charge on any atom is 0.113 e. The van der Waals surface area contributed by atoms with Crippen molar-refractivity contribution in [3.8, 4) is 11.8 Å². The monoisotopic (exact) mass is 334 g/mol. The summed E-state index contributed by atoms with van der Waals surface area (Å²) in [5.41, 5.74) is 3.44. The molecule has 2 aliphatic rings. The minimum atomic E-state index is 0.235. The lowest BCUT2D eigenvalue weighted by atomic mass is 10.1. The van der Waals surface area contributed by atoms with Crippen molar-refractivity contribution in [3.05, 3.63) is 48.1 Å². The molecule has 5 heteroatoms. The Balaban J connectivity index is 1.45. The van der Waals surface area contributed by atoms with Gasteiger partial charge in [0.1, 0.15) is 5.69 Å². The molecule has 5 nitrogen and oxygen atoms in total. The van der Waals surface area contributed by atoms with E-state index in [1.165, 1.54) is 19.3 Å². The highest BCUT2D eigenvalue weighted by molar-refractivity contribution is 5.75. The van der Waals surface area contributed by atoms with E-state index in [9.17, 15) is 0 Å². The van der Waals surface area contributed by atoms with E-state index in [4.69, 9.17) is 4.74 Å². The van der Waals surface area contributed by atoms with Gasteiger partial charge in [0.15, 0.2) is 0 Å². The van der Waals surface area contributed by atoms with Gasteiger partial charge in [-0.1, -0.05) is 23.6 Å². The molecule has 1 saturated heterocycles. The molecule has 3 heterocycles. The topological polar surface area (TPSA) is 52.8 Å². The maximum absolute atomic E-state index is 5.77. The van der Waals surface area contributed by atoms with Crippen LogP contribution in [0, 0.1) is 17.8 Å². The molecular weight excluding hydrogens is 312 g/mol. The molecule has 0 spiro atoms. The second kappa shape index (κ2) is 7.20. The zero-order valence-corrected chi connectivity index (χ0v) is 14.3. The first-order valence-corrected chi connectivity index (χ1v) is 8.96. The number of ether oxygens (including phenoxy) is 1. The second-order valence-corrected chi connectivity index (χ2v) is 6.80. The highest BCUT2D eigenvalue weighted by atomic mass is 16.5. The van der Waals surface area contributed by atoms with Gasteiger partial charge in [0.05, 0.1) is 18.8 Å². The summed E-state index contributed by atoms with van der Waals surface area (Å²) in [4.78, 5) is 4.29. The van der Waals surface area contributed by atoms with Crippen LogP contribution in [0.25, 0.3) is 5.57 Å². The van der Waals surface area contributed by atoms with Crippen molar-refractivity contribution >= 4 is 5.57 Å². The molecule has 128 valence electrons. The Labute approximate surface area is 148 Å². The highest BCUT2D eigenvalue weighted by Gasteiger charge is 2.18. The average Bonchev–Trinajstić information content (AvgIpc) is 3.38. The minimum Gasteiger partial charge on any atom is -0.376 e. The SMILES string of the molecule is C=C(c1cncc(C#CC2CC2)c1)c1cn(CC2CCCCO2)nn1. The van der Waals surface area contributed by atoms with Gasteiger partial charge in [0, 0.05) is 41.6 Å². The molecule has 0 N–H and O–H groups in total. The molecule has 0 aromatic carbocycles. The Kier molecular flexibility index (Phi) is 4.62. The van der Waals surface area contributed by atoms with Gasteiger partial charge in [0.2, 0.25) is 0 Å². The maximum atomic E-state index is 5.77. The molecule has 1 unspecified atom stereocenters. The summed E-state index contributed by atoms with van der Waals surface area (Å²) >= 11 is 0. The summed E-state index contributed by atoms with van der Waals surface area (Å²) in [6, 6.07) is 2.02. The largest absolute Gasteiger partial charge is 0.376 e. The van der Waals surface area contributed by atoms with Crippen molar-refractivity contribution in [1.29, 1.82) is 0 Å². The van der Waals surface area contributed by atoms with E-state index in [-0.39, 0.29) is 6.10 Å². The fourth-order valence-electron chi connectivity index (χ4n) is 2.92. The minimum absolute atomic E-state index is 0.235. The van der Waals surface area contributed by atoms with Crippen molar-refractivity contribution in [2.75, 3.05) is 6.61 Å². The second-order valence-electron chi connectivity index (χ2n) is 6.80. The molecule has 2 aromatic rings. The molecule has 1 atom stereocenters. The number of nitrogens with zero attached hydrogens (tertiary/aromatic N) is 4. The molecule has 2 aromatic heterocycles. The van der Waals surface area contributed by atoms with Gasteiger partial charge in [-0.15, -0.1) is 5.10 Å². The average molecular weight is 334 g/mol. The van der Waals surface area contributed by atoms with Gasteiger partial charge >= 0.3 is 0 Å². The lowest BCUT2D eigenvalue weighted by molar-refractivity contribution is 0.00370. The third-order valence-corrected chi connectivity index (χ3v) is 4.60. The van der Waals surface area contributed by atoms with Crippen LogP contribution < -0.4 is 0 Å². The van der Waals surface area contributed by atoms with Gasteiger partial charge in [-0.25, -0.2) is 4.68 Å². The molecular formula is C20H22N4O. The van der Waals surface area contributed by atoms with E-state index in [1.807, 2.05) is 16.9 Å². The van der Waals surface area contributed by atoms with E-state index < -0.39 is 0 Å². The van der Waals surface area contributed by atoms with Gasteiger partial charge in [0.25, 0.3) is 0 Å². The Hall–Kier alpha value is -2.45. The summed E-state index contributed by atoms with van der Waals surface area (Å²) in [6.07, 6.45) is 11.7. The van der Waals surface area contributed by atoms with Crippen LogP contribution >= 0.6 is 0 Å². The Morgan fingerprint density at radius 1 is 1.28 bits per heavy atom. The molecule has 4 rings (SSSR count). The molecule has 0 amide bonds. The van der Waals surface area contributed by atoms with Crippen molar-refractivity contribution < 1.29 is 4.74 Å². The van der Waals surface area contributed by atoms with E-state index in [0.29, 0.717) is 5.92 Å². The molecule has 1 aliphatic heterocycles. The predicted molar refractivity (Wildman–Crippen MR) is 95.6 cm³/mol. The number of rotatable bonds is 4. The van der Waals surface area contributed by atoms with Crippen molar-refractivity contribution in [1.82, 2.24) is 20.0 Å². The highest BCUT2D eigenvalue weighted by Crippen LogP contribution is 2.27. The standard InChI is InChI=1S/C20H22N4O/c1-15(18-10-17(11-21-12-18)8-7-16-5-6-16)20-14-24(23-22-20)13-19-4-2-3-9-25-19/h10-12,14,16,19H,1-6,9,13H2. The Bertz CT molecular complexity index is 819. The van der Waals surface area contributed by atoms with E-state index in [1.54, 1.807) is 12.4 Å². The van der Waals surface area contributed by atoms with Crippen LogP contribution in [0.15, 0.2) is 31.2 Å². The van der Waals surface area contributed by atoms with Gasteiger partial charge in [-0.2, -0.15) is 0 Å². The fourth-order valence-corrected chi connectivity index (χ4v) is 2.92. The molecule has 0 radical (unpaired) electrons. The number of hydrogen-bond acceptors (Lipinski definition) is 4. The van der Waals surface area contributed by atoms with Crippen LogP contribution in [0.5, 0.6) is 0 Å². The van der Waals surface area contributed by atoms with Crippen molar-refractivity contribution in [3.63, 3.8) is 0 Å². The van der Waals surface area contributed by atoms with E-state index >= 15 is 0 Å². The molecule has 25 heavy (non-hydrogen) atoms. The summed E-state index contributed by atoms with van der Waals surface area (Å²) < 4.78 is 7.61. The summed E-state index contributed by atoms with van der Waals surface area (Å²) in [7, 11) is 0. The summed E-state index contributed by atoms with van der Waals surface area (Å²) in [5.74, 6) is 7.04. The number of aromatic nitrogens is 4. The van der Waals surface area contributed by atoms with Crippen LogP contribution in [0.2, 0.25) is 0 Å². The zero-order chi connectivity index (χ0) is 17.1. The van der Waals surface area contributed by atoms with E-state index in [0.717, 1.165) is 48.4 Å². The van der Waals surface area contributed by atoms with Crippen LogP contribution in [0.3, 0.4) is 0 Å². The normalized spacial score (nSPS) is 19.9. The van der Waals surface area contributed by atoms with Crippen LogP contribution in [0.4, 0.5) is 0 Å². The molecule has 1 saturated carbocycles. The zero-order valence-electron chi connectivity index (χ0n) is 14.3. The smallest absolute Gasteiger partial charge is 0.113 e. The van der Waals surface area contributed by atoms with Crippen molar-refractivity contribution in [2.24, 2.45) is 5.92 Å². The van der Waals surface area contributed by atoms with Crippen LogP contribution in [0.1, 0.15) is 48.9 Å². The fraction of sp³-hybridized carbons (Fsp3) is 0.450. The number of hydrogen-bond donors (Lipinski definition) is 0. The van der Waals surface area contributed by atoms with Crippen LogP contribution in [-0.4, -0.2) is 32.7 Å². The lowest BCUT2D eigenvalue weighted by Gasteiger charge is -2.21. The van der Waals surface area contributed by atoms with Crippen LogP contribution in [-0.2, 0) is 11.3 Å². The Morgan fingerprint density at radius 3 is 3.00 bits per heavy atom. The third kappa shape index (κ3) is 4.15. The summed E-state index contributed by atoms with van der Waals surface area (Å²) in [5, 5.41) is 8.49. The van der Waals surface area contributed by atoms with Gasteiger partial charge < -0.3 is 4.74 Å². The van der Waals surface area contributed by atoms with Gasteiger partial charge in [-0.3, -0.25) is 4.98 Å². The number of pyridine rings is 1. The molecule has 0 bridgehead atoms.